The number of thiophene rings is 1. The van der Waals surface area contributed by atoms with E-state index in [9.17, 15) is 14.4 Å². The van der Waals surface area contributed by atoms with E-state index >= 15 is 0 Å². The summed E-state index contributed by atoms with van der Waals surface area (Å²) in [4.78, 5) is 44.7. The Balaban J connectivity index is 1.72. The highest BCUT2D eigenvalue weighted by Gasteiger charge is 2.35. The molecule has 0 atom stereocenters. The van der Waals surface area contributed by atoms with Crippen molar-refractivity contribution >= 4 is 29.1 Å². The molecule has 0 saturated heterocycles. The standard InChI is InChI=1S/C18H15N7O4S/c1-18(9-21-23-19,10-22-24-20)29-17(28)14-7-6-11(30-14)8-25-15(26)12-4-2-3-5-13(12)16(25)27/h2-7H,8-10H2,1H3. The van der Waals surface area contributed by atoms with Gasteiger partial charge >= 0.3 is 5.97 Å². The molecule has 11 nitrogen and oxygen atoms in total. The second kappa shape index (κ2) is 8.66. The van der Waals surface area contributed by atoms with Gasteiger partial charge in [-0.15, -0.1) is 11.3 Å². The first kappa shape index (κ1) is 20.9. The van der Waals surface area contributed by atoms with E-state index in [2.05, 4.69) is 20.1 Å². The lowest BCUT2D eigenvalue weighted by Crippen LogP contribution is -2.37. The van der Waals surface area contributed by atoms with Gasteiger partial charge in [-0.3, -0.25) is 14.5 Å². The number of imide groups is 1. The third-order valence-electron chi connectivity index (χ3n) is 4.33. The number of carbonyl (C=O) groups is 3. The normalized spacial score (nSPS) is 14.4. The monoisotopic (exact) mass is 425 g/mol. The lowest BCUT2D eigenvalue weighted by molar-refractivity contribution is -0.000653. The van der Waals surface area contributed by atoms with Crippen molar-refractivity contribution in [3.8, 4) is 0 Å². The molecule has 0 radical (unpaired) electrons. The highest BCUT2D eigenvalue weighted by molar-refractivity contribution is 7.13. The highest BCUT2D eigenvalue weighted by atomic mass is 32.1. The lowest BCUT2D eigenvalue weighted by Gasteiger charge is -2.25. The van der Waals surface area contributed by atoms with E-state index in [1.807, 2.05) is 0 Å². The topological polar surface area (TPSA) is 161 Å². The second-order valence-electron chi connectivity index (χ2n) is 6.63. The molecule has 2 aromatic rings. The summed E-state index contributed by atoms with van der Waals surface area (Å²) in [5.41, 5.74) is 16.4. The first-order chi connectivity index (χ1) is 14.4. The van der Waals surface area contributed by atoms with Crippen LogP contribution in [0.1, 0.15) is 42.2 Å². The number of ether oxygens (including phenoxy) is 1. The van der Waals surface area contributed by atoms with Crippen LogP contribution >= 0.6 is 11.3 Å². The minimum Gasteiger partial charge on any atom is -0.455 e. The molecule has 2 amide bonds. The van der Waals surface area contributed by atoms with E-state index in [1.165, 1.54) is 13.0 Å². The Labute approximate surface area is 174 Å². The predicted octanol–water partition coefficient (Wildman–Crippen LogP) is 4.08. The molecule has 152 valence electrons. The van der Waals surface area contributed by atoms with Crippen LogP contribution in [0.5, 0.6) is 0 Å². The summed E-state index contributed by atoms with van der Waals surface area (Å²) in [7, 11) is 0. The summed E-state index contributed by atoms with van der Waals surface area (Å²) in [6.45, 7) is 1.10. The number of carbonyl (C=O) groups excluding carboxylic acids is 3. The van der Waals surface area contributed by atoms with Gasteiger partial charge in [-0.2, -0.15) is 0 Å². The number of benzene rings is 1. The number of amides is 2. The van der Waals surface area contributed by atoms with Crippen LogP contribution in [0.2, 0.25) is 0 Å². The fraction of sp³-hybridized carbons (Fsp3) is 0.278. The molecule has 0 bridgehead atoms. The lowest BCUT2D eigenvalue weighted by atomic mass is 10.1. The Morgan fingerprint density at radius 3 is 2.17 bits per heavy atom. The van der Waals surface area contributed by atoms with Gasteiger partial charge in [-0.1, -0.05) is 22.4 Å². The van der Waals surface area contributed by atoms with Crippen LogP contribution in [0.15, 0.2) is 46.6 Å². The van der Waals surface area contributed by atoms with E-state index < -0.39 is 11.6 Å². The quantitative estimate of drug-likeness (QED) is 0.205. The summed E-state index contributed by atoms with van der Waals surface area (Å²) < 4.78 is 5.40. The third kappa shape index (κ3) is 4.26. The van der Waals surface area contributed by atoms with Gasteiger partial charge in [0.2, 0.25) is 0 Å². The van der Waals surface area contributed by atoms with Crippen LogP contribution in [0, 0.1) is 0 Å². The van der Waals surface area contributed by atoms with Crippen molar-refractivity contribution in [1.82, 2.24) is 4.90 Å². The number of rotatable bonds is 8. The molecule has 0 saturated carbocycles. The van der Waals surface area contributed by atoms with Crippen LogP contribution < -0.4 is 0 Å². The van der Waals surface area contributed by atoms with Crippen LogP contribution in [0.4, 0.5) is 0 Å². The van der Waals surface area contributed by atoms with E-state index in [4.69, 9.17) is 15.8 Å². The molecular weight excluding hydrogens is 410 g/mol. The number of hydrogen-bond acceptors (Lipinski definition) is 7. The summed E-state index contributed by atoms with van der Waals surface area (Å²) in [6, 6.07) is 9.72. The van der Waals surface area contributed by atoms with Crippen LogP contribution in [-0.2, 0) is 11.3 Å². The molecule has 0 fully saturated rings. The number of azide groups is 2. The van der Waals surface area contributed by atoms with Gasteiger partial charge in [0.25, 0.3) is 11.8 Å². The molecule has 1 aliphatic heterocycles. The van der Waals surface area contributed by atoms with E-state index in [0.717, 1.165) is 16.2 Å². The highest BCUT2D eigenvalue weighted by Crippen LogP contribution is 2.27. The number of esters is 1. The molecule has 0 spiro atoms. The predicted molar refractivity (Wildman–Crippen MR) is 107 cm³/mol. The second-order valence-corrected chi connectivity index (χ2v) is 7.79. The molecule has 30 heavy (non-hydrogen) atoms. The van der Waals surface area contributed by atoms with Gasteiger partial charge < -0.3 is 4.74 Å². The van der Waals surface area contributed by atoms with Crippen molar-refractivity contribution in [2.75, 3.05) is 13.1 Å². The molecule has 0 unspecified atom stereocenters. The van der Waals surface area contributed by atoms with Crippen LogP contribution in [-0.4, -0.2) is 41.4 Å². The molecule has 3 rings (SSSR count). The SMILES string of the molecule is CC(CN=[N+]=[N-])(CN=[N+]=[N-])OC(=O)c1ccc(CN2C(=O)c3ccccc3C2=O)s1. The van der Waals surface area contributed by atoms with Crippen LogP contribution in [0.3, 0.4) is 0 Å². The van der Waals surface area contributed by atoms with E-state index in [0.29, 0.717) is 16.0 Å². The van der Waals surface area contributed by atoms with Gasteiger partial charge in [0.1, 0.15) is 10.5 Å². The largest absolute Gasteiger partial charge is 0.455 e. The first-order valence-electron chi connectivity index (χ1n) is 8.67. The van der Waals surface area contributed by atoms with Crippen molar-refractivity contribution in [1.29, 1.82) is 0 Å². The number of fused-ring (bicyclic) bond motifs is 1. The van der Waals surface area contributed by atoms with Crippen molar-refractivity contribution in [2.45, 2.75) is 19.1 Å². The van der Waals surface area contributed by atoms with Crippen molar-refractivity contribution in [3.63, 3.8) is 0 Å². The Hall–Kier alpha value is -3.85. The summed E-state index contributed by atoms with van der Waals surface area (Å²) >= 11 is 1.07. The summed E-state index contributed by atoms with van der Waals surface area (Å²) in [5.74, 6) is -1.47. The third-order valence-corrected chi connectivity index (χ3v) is 5.38. The molecule has 0 N–H and O–H groups in total. The fourth-order valence-electron chi connectivity index (χ4n) is 2.86. The molecule has 1 aromatic heterocycles. The average molecular weight is 425 g/mol. The molecule has 12 heteroatoms. The van der Waals surface area contributed by atoms with Gasteiger partial charge in [0.15, 0.2) is 0 Å². The minimum absolute atomic E-state index is 0.0268. The zero-order valence-electron chi connectivity index (χ0n) is 15.8. The maximum absolute atomic E-state index is 12.5. The Kier molecular flexibility index (Phi) is 6.03. The molecule has 0 aliphatic carbocycles. The maximum Gasteiger partial charge on any atom is 0.348 e. The number of hydrogen-bond donors (Lipinski definition) is 0. The zero-order chi connectivity index (χ0) is 21.7. The zero-order valence-corrected chi connectivity index (χ0v) is 16.6. The van der Waals surface area contributed by atoms with Gasteiger partial charge in [0, 0.05) is 14.7 Å². The fourth-order valence-corrected chi connectivity index (χ4v) is 3.74. The first-order valence-corrected chi connectivity index (χ1v) is 9.49. The molecule has 1 aliphatic rings. The average Bonchev–Trinajstić information content (AvgIpc) is 3.31. The van der Waals surface area contributed by atoms with Gasteiger partial charge in [-0.05, 0) is 42.3 Å². The van der Waals surface area contributed by atoms with E-state index in [-0.39, 0.29) is 36.3 Å². The Morgan fingerprint density at radius 2 is 1.63 bits per heavy atom. The molecule has 1 aromatic carbocycles. The van der Waals surface area contributed by atoms with E-state index in [1.54, 1.807) is 30.3 Å². The Morgan fingerprint density at radius 1 is 1.07 bits per heavy atom. The van der Waals surface area contributed by atoms with Crippen molar-refractivity contribution in [3.05, 3.63) is 78.2 Å². The summed E-state index contributed by atoms with van der Waals surface area (Å²) in [5, 5.41) is 6.79. The molecular formula is C18H15N7O4S. The Bertz CT molecular complexity index is 1060. The van der Waals surface area contributed by atoms with Gasteiger partial charge in [0.05, 0.1) is 30.8 Å². The minimum atomic E-state index is -1.30. The van der Waals surface area contributed by atoms with Crippen molar-refractivity contribution < 1.29 is 19.1 Å². The molecule has 2 heterocycles. The van der Waals surface area contributed by atoms with Crippen LogP contribution in [0.25, 0.3) is 20.9 Å². The maximum atomic E-state index is 12.5. The van der Waals surface area contributed by atoms with Crippen molar-refractivity contribution in [2.24, 2.45) is 10.2 Å². The smallest absolute Gasteiger partial charge is 0.348 e. The van der Waals surface area contributed by atoms with Gasteiger partial charge in [-0.25, -0.2) is 4.79 Å². The number of nitrogens with zero attached hydrogens (tertiary/aromatic N) is 7. The summed E-state index contributed by atoms with van der Waals surface area (Å²) in [6.07, 6.45) is 0.